The Kier molecular flexibility index (Phi) is 4.31. The van der Waals surface area contributed by atoms with Crippen LogP contribution >= 0.6 is 0 Å². The molecule has 1 amide bonds. The lowest BCUT2D eigenvalue weighted by molar-refractivity contribution is 0.0975. The first-order valence-electron chi connectivity index (χ1n) is 7.54. The van der Waals surface area contributed by atoms with E-state index < -0.39 is 15.9 Å². The van der Waals surface area contributed by atoms with E-state index in [9.17, 15) is 13.2 Å². The van der Waals surface area contributed by atoms with Crippen molar-refractivity contribution in [2.24, 2.45) is 5.92 Å². The summed E-state index contributed by atoms with van der Waals surface area (Å²) < 4.78 is 36.5. The first-order valence-corrected chi connectivity index (χ1v) is 9.20. The van der Waals surface area contributed by atoms with E-state index in [0.29, 0.717) is 11.3 Å². The summed E-state index contributed by atoms with van der Waals surface area (Å²) in [7, 11) is -2.08. The van der Waals surface area contributed by atoms with Gasteiger partial charge in [0, 0.05) is 5.56 Å². The van der Waals surface area contributed by atoms with Crippen LogP contribution in [0.4, 0.5) is 0 Å². The molecule has 128 valence electrons. The van der Waals surface area contributed by atoms with Gasteiger partial charge in [-0.2, -0.15) is 0 Å². The highest BCUT2D eigenvalue weighted by Crippen LogP contribution is 2.30. The lowest BCUT2D eigenvalue weighted by Crippen LogP contribution is -2.33. The maximum absolute atomic E-state index is 12.2. The second-order valence-electron chi connectivity index (χ2n) is 5.81. The van der Waals surface area contributed by atoms with Gasteiger partial charge in [-0.25, -0.2) is 18.1 Å². The van der Waals surface area contributed by atoms with E-state index in [-0.39, 0.29) is 29.0 Å². The highest BCUT2D eigenvalue weighted by Gasteiger charge is 2.30. The lowest BCUT2D eigenvalue weighted by Gasteiger charge is -2.04. The Morgan fingerprint density at radius 2 is 2.00 bits per heavy atom. The summed E-state index contributed by atoms with van der Waals surface area (Å²) in [6.45, 7) is 1.57. The predicted octanol–water partition coefficient (Wildman–Crippen LogP) is 2.13. The molecule has 1 saturated carbocycles. The van der Waals surface area contributed by atoms with Crippen LogP contribution in [0, 0.1) is 12.8 Å². The van der Waals surface area contributed by atoms with Crippen LogP contribution < -0.4 is 9.46 Å². The molecule has 0 spiro atoms. The molecule has 1 fully saturated rings. The summed E-state index contributed by atoms with van der Waals surface area (Å²) in [5, 5.41) is 0. The van der Waals surface area contributed by atoms with Crippen molar-refractivity contribution in [1.29, 1.82) is 0 Å². The highest BCUT2D eigenvalue weighted by atomic mass is 32.2. The van der Waals surface area contributed by atoms with Crippen LogP contribution in [0.1, 0.15) is 29.1 Å². The van der Waals surface area contributed by atoms with E-state index in [1.807, 2.05) is 0 Å². The first-order chi connectivity index (χ1) is 11.4. The molecule has 0 saturated heterocycles. The number of oxazole rings is 1. The van der Waals surface area contributed by atoms with Crippen LogP contribution in [0.5, 0.6) is 5.75 Å². The summed E-state index contributed by atoms with van der Waals surface area (Å²) in [5.41, 5.74) is 0.638. The molecule has 0 aliphatic heterocycles. The quantitative estimate of drug-likeness (QED) is 0.857. The van der Waals surface area contributed by atoms with Gasteiger partial charge < -0.3 is 9.15 Å². The Labute approximate surface area is 140 Å². The number of carbonyl (C=O) groups is 1. The molecule has 7 nitrogen and oxygen atoms in total. The largest absolute Gasteiger partial charge is 0.497 e. The van der Waals surface area contributed by atoms with Crippen molar-refractivity contribution in [3.05, 3.63) is 35.7 Å². The number of sulfonamides is 1. The number of benzene rings is 1. The number of nitrogens with zero attached hydrogens (tertiary/aromatic N) is 1. The van der Waals surface area contributed by atoms with Gasteiger partial charge in [-0.3, -0.25) is 4.79 Å². The third-order valence-electron chi connectivity index (χ3n) is 3.75. The van der Waals surface area contributed by atoms with Crippen molar-refractivity contribution >= 4 is 15.9 Å². The summed E-state index contributed by atoms with van der Waals surface area (Å²) in [6.07, 6.45) is 1.78. The smallest absolute Gasteiger partial charge is 0.286 e. The number of aromatic nitrogens is 1. The third kappa shape index (κ3) is 3.76. The number of aryl methyl sites for hydroxylation is 1. The van der Waals surface area contributed by atoms with Crippen molar-refractivity contribution < 1.29 is 22.4 Å². The molecule has 0 atom stereocenters. The van der Waals surface area contributed by atoms with Crippen LogP contribution in [0.2, 0.25) is 0 Å². The topological polar surface area (TPSA) is 98.5 Å². The molecule has 2 aromatic rings. The van der Waals surface area contributed by atoms with Gasteiger partial charge in [0.25, 0.3) is 5.91 Å². The number of rotatable bonds is 6. The monoisotopic (exact) mass is 350 g/mol. The van der Waals surface area contributed by atoms with Gasteiger partial charge in [-0.05, 0) is 49.9 Å². The Morgan fingerprint density at radius 3 is 2.58 bits per heavy atom. The fourth-order valence-corrected chi connectivity index (χ4v) is 3.71. The number of amides is 1. The standard InChI is InChI=1S/C16H18N2O5S/c1-10-14(15(19)18-24(20,21)9-11-3-4-11)17-16(23-10)12-5-7-13(22-2)8-6-12/h5-8,11H,3-4,9H2,1-2H3,(H,18,19). The predicted molar refractivity (Wildman–Crippen MR) is 87.2 cm³/mol. The minimum absolute atomic E-state index is 0.0268. The van der Waals surface area contributed by atoms with Crippen LogP contribution in [-0.2, 0) is 10.0 Å². The SMILES string of the molecule is COc1ccc(-c2nc(C(=O)NS(=O)(=O)CC3CC3)c(C)o2)cc1. The number of nitrogens with one attached hydrogen (secondary N) is 1. The van der Waals surface area contributed by atoms with Crippen LogP contribution in [0.25, 0.3) is 11.5 Å². The number of hydrogen-bond acceptors (Lipinski definition) is 6. The summed E-state index contributed by atoms with van der Waals surface area (Å²) in [6, 6.07) is 6.98. The molecular formula is C16H18N2O5S. The van der Waals surface area contributed by atoms with E-state index in [2.05, 4.69) is 9.71 Å². The zero-order valence-electron chi connectivity index (χ0n) is 13.4. The van der Waals surface area contributed by atoms with Crippen LogP contribution in [-0.4, -0.2) is 32.2 Å². The van der Waals surface area contributed by atoms with Crippen molar-refractivity contribution in [3.8, 4) is 17.2 Å². The third-order valence-corrected chi connectivity index (χ3v) is 5.16. The zero-order valence-corrected chi connectivity index (χ0v) is 14.2. The molecule has 0 bridgehead atoms. The fraction of sp³-hybridized carbons (Fsp3) is 0.375. The second-order valence-corrected chi connectivity index (χ2v) is 7.58. The summed E-state index contributed by atoms with van der Waals surface area (Å²) >= 11 is 0. The molecule has 1 N–H and O–H groups in total. The van der Waals surface area contributed by atoms with Crippen LogP contribution in [0.3, 0.4) is 0 Å². The van der Waals surface area contributed by atoms with Gasteiger partial charge in [0.05, 0.1) is 12.9 Å². The van der Waals surface area contributed by atoms with Gasteiger partial charge in [0.15, 0.2) is 5.69 Å². The summed E-state index contributed by atoms with van der Waals surface area (Å²) in [4.78, 5) is 16.3. The minimum Gasteiger partial charge on any atom is -0.497 e. The van der Waals surface area contributed by atoms with Crippen molar-refractivity contribution in [3.63, 3.8) is 0 Å². The molecule has 1 heterocycles. The van der Waals surface area contributed by atoms with Gasteiger partial charge >= 0.3 is 0 Å². The van der Waals surface area contributed by atoms with Crippen molar-refractivity contribution in [2.75, 3.05) is 12.9 Å². The van der Waals surface area contributed by atoms with Gasteiger partial charge in [0.1, 0.15) is 11.5 Å². The molecule has 1 aliphatic rings. The van der Waals surface area contributed by atoms with Crippen LogP contribution in [0.15, 0.2) is 28.7 Å². The lowest BCUT2D eigenvalue weighted by atomic mass is 10.2. The average molecular weight is 350 g/mol. The van der Waals surface area contributed by atoms with E-state index in [1.165, 1.54) is 0 Å². The molecule has 8 heteroatoms. The molecule has 3 rings (SSSR count). The molecule has 1 aromatic heterocycles. The number of ether oxygens (including phenoxy) is 1. The average Bonchev–Trinajstić information content (AvgIpc) is 3.24. The van der Waals surface area contributed by atoms with E-state index >= 15 is 0 Å². The Hall–Kier alpha value is -2.35. The number of hydrogen-bond donors (Lipinski definition) is 1. The van der Waals surface area contributed by atoms with Gasteiger partial charge in [-0.1, -0.05) is 0 Å². The van der Waals surface area contributed by atoms with E-state index in [1.54, 1.807) is 38.3 Å². The Morgan fingerprint density at radius 1 is 1.33 bits per heavy atom. The van der Waals surface area contributed by atoms with Crippen molar-refractivity contribution in [1.82, 2.24) is 9.71 Å². The van der Waals surface area contributed by atoms with Gasteiger partial charge in [0.2, 0.25) is 15.9 Å². The maximum Gasteiger partial charge on any atom is 0.286 e. The maximum atomic E-state index is 12.2. The second kappa shape index (κ2) is 6.27. The zero-order chi connectivity index (χ0) is 17.3. The number of carbonyl (C=O) groups excluding carboxylic acids is 1. The Balaban J connectivity index is 1.78. The molecule has 0 radical (unpaired) electrons. The van der Waals surface area contributed by atoms with E-state index in [0.717, 1.165) is 12.8 Å². The van der Waals surface area contributed by atoms with Gasteiger partial charge in [-0.15, -0.1) is 0 Å². The molecule has 1 aromatic carbocycles. The molecule has 1 aliphatic carbocycles. The first kappa shape index (κ1) is 16.5. The normalized spacial score (nSPS) is 14.4. The van der Waals surface area contributed by atoms with E-state index in [4.69, 9.17) is 9.15 Å². The number of methoxy groups -OCH3 is 1. The highest BCUT2D eigenvalue weighted by molar-refractivity contribution is 7.90. The Bertz CT molecular complexity index is 851. The van der Waals surface area contributed by atoms with Crippen molar-refractivity contribution in [2.45, 2.75) is 19.8 Å². The minimum atomic E-state index is -3.64. The summed E-state index contributed by atoms with van der Waals surface area (Å²) in [5.74, 6) is 0.562. The molecule has 24 heavy (non-hydrogen) atoms. The molecule has 0 unspecified atom stereocenters. The molecular weight excluding hydrogens is 332 g/mol. The fourth-order valence-electron chi connectivity index (χ4n) is 2.29.